The highest BCUT2D eigenvalue weighted by molar-refractivity contribution is 6.31. The molecule has 0 heterocycles. The summed E-state index contributed by atoms with van der Waals surface area (Å²) >= 11 is 5.82. The first-order chi connectivity index (χ1) is 13.2. The molecule has 0 bridgehead atoms. The second kappa shape index (κ2) is 9.32. The van der Waals surface area contributed by atoms with Crippen LogP contribution in [0, 0.1) is 10.1 Å². The van der Waals surface area contributed by atoms with E-state index in [9.17, 15) is 19.7 Å². The summed E-state index contributed by atoms with van der Waals surface area (Å²) in [5.41, 5.74) is 0.863. The Bertz CT molecular complexity index is 900. The van der Waals surface area contributed by atoms with Gasteiger partial charge < -0.3 is 10.1 Å². The molecule has 2 rings (SSSR count). The minimum absolute atomic E-state index is 0.150. The van der Waals surface area contributed by atoms with Gasteiger partial charge in [0, 0.05) is 16.8 Å². The molecule has 0 fully saturated rings. The summed E-state index contributed by atoms with van der Waals surface area (Å²) in [4.78, 5) is 35.2. The molecule has 0 saturated carbocycles. The molecule has 148 valence electrons. The first-order valence-corrected chi connectivity index (χ1v) is 9.17. The number of hydrogen-bond donors (Lipinski definition) is 1. The lowest BCUT2D eigenvalue weighted by Gasteiger charge is -2.18. The van der Waals surface area contributed by atoms with E-state index in [1.54, 1.807) is 12.1 Å². The number of benzene rings is 2. The number of amides is 1. The summed E-state index contributed by atoms with van der Waals surface area (Å²) in [6.45, 7) is 5.49. The maximum absolute atomic E-state index is 12.5. The minimum Gasteiger partial charge on any atom is -0.449 e. The van der Waals surface area contributed by atoms with Crippen LogP contribution in [-0.4, -0.2) is 22.9 Å². The first-order valence-electron chi connectivity index (χ1n) is 8.79. The van der Waals surface area contributed by atoms with Crippen molar-refractivity contribution in [2.24, 2.45) is 0 Å². The van der Waals surface area contributed by atoms with Gasteiger partial charge in [-0.05, 0) is 43.0 Å². The summed E-state index contributed by atoms with van der Waals surface area (Å²) in [7, 11) is 0. The standard InChI is InChI=1S/C20H21ClN2O5/c1-4-12(2)15-7-5-6-8-17(15)22-19(24)13(3)28-20(25)16-11-14(21)9-10-18(16)23(26)27/h5-13H,4H2,1-3H3,(H,22,24)/t12-,13+/m1/s1. The van der Waals surface area contributed by atoms with E-state index in [4.69, 9.17) is 16.3 Å². The summed E-state index contributed by atoms with van der Waals surface area (Å²) in [5, 5.41) is 14.0. The number of para-hydroxylation sites is 1. The van der Waals surface area contributed by atoms with Gasteiger partial charge in [-0.15, -0.1) is 0 Å². The van der Waals surface area contributed by atoms with Crippen molar-refractivity contribution in [3.63, 3.8) is 0 Å². The number of rotatable bonds is 7. The molecule has 8 heteroatoms. The molecule has 2 aromatic carbocycles. The number of ether oxygens (including phenoxy) is 1. The quantitative estimate of drug-likeness (QED) is 0.400. The van der Waals surface area contributed by atoms with Crippen molar-refractivity contribution >= 4 is 34.9 Å². The Morgan fingerprint density at radius 2 is 1.89 bits per heavy atom. The number of nitrogens with zero attached hydrogens (tertiary/aromatic N) is 1. The zero-order chi connectivity index (χ0) is 20.8. The predicted molar refractivity (Wildman–Crippen MR) is 107 cm³/mol. The van der Waals surface area contributed by atoms with E-state index in [0.717, 1.165) is 24.1 Å². The summed E-state index contributed by atoms with van der Waals surface area (Å²) < 4.78 is 5.13. The molecule has 0 spiro atoms. The van der Waals surface area contributed by atoms with Crippen LogP contribution >= 0.6 is 11.6 Å². The zero-order valence-corrected chi connectivity index (χ0v) is 16.5. The van der Waals surface area contributed by atoms with Gasteiger partial charge >= 0.3 is 5.97 Å². The van der Waals surface area contributed by atoms with Gasteiger partial charge in [0.1, 0.15) is 5.56 Å². The highest BCUT2D eigenvalue weighted by Gasteiger charge is 2.26. The highest BCUT2D eigenvalue weighted by Crippen LogP contribution is 2.27. The number of hydrogen-bond acceptors (Lipinski definition) is 5. The van der Waals surface area contributed by atoms with Gasteiger partial charge in [0.15, 0.2) is 6.10 Å². The Labute approximate surface area is 167 Å². The number of nitrogens with one attached hydrogen (secondary N) is 1. The maximum atomic E-state index is 12.5. The van der Waals surface area contributed by atoms with Gasteiger partial charge in [-0.3, -0.25) is 14.9 Å². The molecule has 0 aromatic heterocycles. The third-order valence-electron chi connectivity index (χ3n) is 4.39. The lowest BCUT2D eigenvalue weighted by molar-refractivity contribution is -0.385. The number of nitro groups is 1. The van der Waals surface area contributed by atoms with Crippen LogP contribution in [-0.2, 0) is 9.53 Å². The summed E-state index contributed by atoms with van der Waals surface area (Å²) in [5.74, 6) is -1.29. The molecule has 0 aliphatic carbocycles. The Hall–Kier alpha value is -2.93. The third kappa shape index (κ3) is 5.07. The number of nitro benzene ring substituents is 1. The van der Waals surface area contributed by atoms with Crippen LogP contribution < -0.4 is 5.32 Å². The molecular weight excluding hydrogens is 384 g/mol. The van der Waals surface area contributed by atoms with E-state index < -0.39 is 28.6 Å². The topological polar surface area (TPSA) is 98.5 Å². The third-order valence-corrected chi connectivity index (χ3v) is 4.63. The van der Waals surface area contributed by atoms with Crippen LogP contribution in [0.2, 0.25) is 5.02 Å². The molecule has 1 amide bonds. The molecular formula is C20H21ClN2O5. The van der Waals surface area contributed by atoms with Crippen molar-refractivity contribution in [1.82, 2.24) is 0 Å². The Morgan fingerprint density at radius 3 is 2.54 bits per heavy atom. The van der Waals surface area contributed by atoms with Crippen molar-refractivity contribution in [3.05, 3.63) is 68.7 Å². The van der Waals surface area contributed by atoms with Gasteiger partial charge in [0.25, 0.3) is 11.6 Å². The number of esters is 1. The highest BCUT2D eigenvalue weighted by atomic mass is 35.5. The molecule has 2 atom stereocenters. The van der Waals surface area contributed by atoms with Crippen molar-refractivity contribution in [1.29, 1.82) is 0 Å². The molecule has 1 N–H and O–H groups in total. The normalized spacial score (nSPS) is 12.7. The maximum Gasteiger partial charge on any atom is 0.345 e. The minimum atomic E-state index is -1.16. The zero-order valence-electron chi connectivity index (χ0n) is 15.8. The van der Waals surface area contributed by atoms with Gasteiger partial charge in [0.2, 0.25) is 0 Å². The molecule has 0 aliphatic heterocycles. The van der Waals surface area contributed by atoms with E-state index in [2.05, 4.69) is 5.32 Å². The van der Waals surface area contributed by atoms with Crippen molar-refractivity contribution < 1.29 is 19.2 Å². The summed E-state index contributed by atoms with van der Waals surface area (Å²) in [6.07, 6.45) is -0.258. The van der Waals surface area contributed by atoms with Gasteiger partial charge in [-0.1, -0.05) is 43.6 Å². The molecule has 0 aliphatic rings. The van der Waals surface area contributed by atoms with E-state index >= 15 is 0 Å². The van der Waals surface area contributed by atoms with Crippen LogP contribution in [0.15, 0.2) is 42.5 Å². The van der Waals surface area contributed by atoms with Crippen LogP contribution in [0.25, 0.3) is 0 Å². The van der Waals surface area contributed by atoms with Crippen LogP contribution in [0.1, 0.15) is 49.0 Å². The second-order valence-corrected chi connectivity index (χ2v) is 6.79. The molecule has 7 nitrogen and oxygen atoms in total. The van der Waals surface area contributed by atoms with Gasteiger partial charge in [-0.2, -0.15) is 0 Å². The fourth-order valence-corrected chi connectivity index (χ4v) is 2.78. The molecule has 0 saturated heterocycles. The summed E-state index contributed by atoms with van der Waals surface area (Å²) in [6, 6.07) is 11.0. The Morgan fingerprint density at radius 1 is 1.21 bits per heavy atom. The number of anilines is 1. The van der Waals surface area contributed by atoms with E-state index in [0.29, 0.717) is 5.69 Å². The lowest BCUT2D eigenvalue weighted by atomic mass is 9.97. The van der Waals surface area contributed by atoms with Crippen molar-refractivity contribution in [2.75, 3.05) is 5.32 Å². The SMILES string of the molecule is CC[C@@H](C)c1ccccc1NC(=O)[C@H](C)OC(=O)c1cc(Cl)ccc1[N+](=O)[O-]. The fourth-order valence-electron chi connectivity index (χ4n) is 2.60. The Balaban J connectivity index is 2.15. The monoisotopic (exact) mass is 404 g/mol. The smallest absolute Gasteiger partial charge is 0.345 e. The number of carbonyl (C=O) groups is 2. The van der Waals surface area contributed by atoms with E-state index in [1.165, 1.54) is 13.0 Å². The van der Waals surface area contributed by atoms with E-state index in [-0.39, 0.29) is 16.5 Å². The predicted octanol–water partition coefficient (Wildman–Crippen LogP) is 4.95. The van der Waals surface area contributed by atoms with Crippen LogP contribution in [0.4, 0.5) is 11.4 Å². The second-order valence-electron chi connectivity index (χ2n) is 6.35. The van der Waals surface area contributed by atoms with Crippen LogP contribution in [0.5, 0.6) is 0 Å². The van der Waals surface area contributed by atoms with Crippen molar-refractivity contribution in [2.45, 2.75) is 39.2 Å². The lowest BCUT2D eigenvalue weighted by Crippen LogP contribution is -2.30. The van der Waals surface area contributed by atoms with Crippen molar-refractivity contribution in [3.8, 4) is 0 Å². The van der Waals surface area contributed by atoms with Crippen LogP contribution in [0.3, 0.4) is 0 Å². The van der Waals surface area contributed by atoms with E-state index in [1.807, 2.05) is 26.0 Å². The number of carbonyl (C=O) groups excluding carboxylic acids is 2. The number of halogens is 1. The Kier molecular flexibility index (Phi) is 7.12. The molecule has 2 aromatic rings. The molecule has 0 radical (unpaired) electrons. The average Bonchev–Trinajstić information content (AvgIpc) is 2.67. The molecule has 0 unspecified atom stereocenters. The fraction of sp³-hybridized carbons (Fsp3) is 0.300. The average molecular weight is 405 g/mol. The largest absolute Gasteiger partial charge is 0.449 e. The first kappa shape index (κ1) is 21.4. The van der Waals surface area contributed by atoms with Gasteiger partial charge in [-0.25, -0.2) is 4.79 Å². The molecule has 28 heavy (non-hydrogen) atoms. The van der Waals surface area contributed by atoms with Gasteiger partial charge in [0.05, 0.1) is 4.92 Å².